The van der Waals surface area contributed by atoms with Crippen LogP contribution in [0.4, 0.5) is 0 Å². The second-order valence-electron chi connectivity index (χ2n) is 6.71. The molecule has 9 heteroatoms. The first-order valence-electron chi connectivity index (χ1n) is 9.47. The van der Waals surface area contributed by atoms with Gasteiger partial charge in [-0.05, 0) is 31.3 Å². The Morgan fingerprint density at radius 1 is 1.10 bits per heavy atom. The molecule has 7 nitrogen and oxygen atoms in total. The predicted octanol–water partition coefficient (Wildman–Crippen LogP) is 3.51. The highest BCUT2D eigenvalue weighted by Crippen LogP contribution is 2.18. The number of amides is 2. The van der Waals surface area contributed by atoms with Gasteiger partial charge in [0.05, 0.1) is 10.6 Å². The Labute approximate surface area is 184 Å². The molecule has 156 valence electrons. The van der Waals surface area contributed by atoms with E-state index in [9.17, 15) is 9.59 Å². The van der Waals surface area contributed by atoms with Gasteiger partial charge in [-0.2, -0.15) is 5.10 Å². The molecule has 3 aromatic rings. The lowest BCUT2D eigenvalue weighted by molar-refractivity contribution is -0.121. The maximum absolute atomic E-state index is 12.2. The standard InChI is InChI=1S/C21H22ClN5O2S/c1-14-6-8-15(9-7-14)19-25-26-21(30)27(19)13-10-18(28)23-11-12-24-20(29)16-4-2-3-5-17(16)22/h2-9H,10-13H2,1H3,(H,23,28)(H,24,29)(H,26,30). The molecule has 30 heavy (non-hydrogen) atoms. The first-order chi connectivity index (χ1) is 14.5. The first-order valence-corrected chi connectivity index (χ1v) is 10.3. The fourth-order valence-electron chi connectivity index (χ4n) is 2.87. The number of carbonyl (C=O) groups excluding carboxylic acids is 2. The maximum Gasteiger partial charge on any atom is 0.252 e. The Kier molecular flexibility index (Phi) is 7.37. The lowest BCUT2D eigenvalue weighted by Gasteiger charge is -2.09. The van der Waals surface area contributed by atoms with Crippen LogP contribution in [0.5, 0.6) is 0 Å². The monoisotopic (exact) mass is 443 g/mol. The zero-order chi connectivity index (χ0) is 21.5. The SMILES string of the molecule is Cc1ccc(-c2n[nH]c(=S)n2CCC(=O)NCCNC(=O)c2ccccc2Cl)cc1. The molecule has 0 fully saturated rings. The predicted molar refractivity (Wildman–Crippen MR) is 119 cm³/mol. The van der Waals surface area contributed by atoms with Crippen molar-refractivity contribution in [2.45, 2.75) is 19.9 Å². The molecule has 0 spiro atoms. The largest absolute Gasteiger partial charge is 0.354 e. The van der Waals surface area contributed by atoms with Crippen LogP contribution in [0.2, 0.25) is 5.02 Å². The van der Waals surface area contributed by atoms with Crippen molar-refractivity contribution in [3.63, 3.8) is 0 Å². The van der Waals surface area contributed by atoms with Gasteiger partial charge in [0, 0.05) is 31.6 Å². The van der Waals surface area contributed by atoms with Crippen LogP contribution in [-0.4, -0.2) is 39.7 Å². The molecule has 2 aromatic carbocycles. The van der Waals surface area contributed by atoms with E-state index in [0.717, 1.165) is 11.1 Å². The fraction of sp³-hybridized carbons (Fsp3) is 0.238. The third-order valence-electron chi connectivity index (χ3n) is 4.48. The lowest BCUT2D eigenvalue weighted by atomic mass is 10.1. The molecule has 0 bridgehead atoms. The van der Waals surface area contributed by atoms with Crippen molar-refractivity contribution >= 4 is 35.6 Å². The molecule has 0 saturated carbocycles. The minimum absolute atomic E-state index is 0.139. The summed E-state index contributed by atoms with van der Waals surface area (Å²) in [4.78, 5) is 24.3. The number of H-pyrrole nitrogens is 1. The number of nitrogens with one attached hydrogen (secondary N) is 3. The summed E-state index contributed by atoms with van der Waals surface area (Å²) in [5.41, 5.74) is 2.49. The Balaban J connectivity index is 1.47. The van der Waals surface area contributed by atoms with Crippen LogP contribution in [0.15, 0.2) is 48.5 Å². The highest BCUT2D eigenvalue weighted by molar-refractivity contribution is 7.71. The molecule has 0 aliphatic rings. The van der Waals surface area contributed by atoms with Crippen LogP contribution in [-0.2, 0) is 11.3 Å². The first kappa shape index (κ1) is 21.7. The molecule has 1 heterocycles. The minimum atomic E-state index is -0.276. The van der Waals surface area contributed by atoms with Crippen LogP contribution in [0, 0.1) is 11.7 Å². The molecule has 0 aliphatic carbocycles. The van der Waals surface area contributed by atoms with Gasteiger partial charge >= 0.3 is 0 Å². The van der Waals surface area contributed by atoms with E-state index in [-0.39, 0.29) is 18.2 Å². The van der Waals surface area contributed by atoms with Crippen molar-refractivity contribution in [1.82, 2.24) is 25.4 Å². The van der Waals surface area contributed by atoms with E-state index < -0.39 is 0 Å². The topological polar surface area (TPSA) is 91.8 Å². The lowest BCUT2D eigenvalue weighted by Crippen LogP contribution is -2.35. The number of aromatic amines is 1. The van der Waals surface area contributed by atoms with E-state index in [1.165, 1.54) is 0 Å². The quantitative estimate of drug-likeness (QED) is 0.367. The van der Waals surface area contributed by atoms with Crippen molar-refractivity contribution in [1.29, 1.82) is 0 Å². The van der Waals surface area contributed by atoms with Crippen molar-refractivity contribution < 1.29 is 9.59 Å². The van der Waals surface area contributed by atoms with E-state index in [1.807, 2.05) is 31.2 Å². The molecule has 2 amide bonds. The summed E-state index contributed by atoms with van der Waals surface area (Å²) >= 11 is 11.3. The second-order valence-corrected chi connectivity index (χ2v) is 7.50. The molecule has 3 N–H and O–H groups in total. The van der Waals surface area contributed by atoms with Crippen LogP contribution in [0.1, 0.15) is 22.3 Å². The average molecular weight is 444 g/mol. The summed E-state index contributed by atoms with van der Waals surface area (Å²) in [5.74, 6) is 0.280. The summed E-state index contributed by atoms with van der Waals surface area (Å²) < 4.78 is 2.27. The Hall–Kier alpha value is -2.97. The van der Waals surface area contributed by atoms with E-state index in [2.05, 4.69) is 20.8 Å². The number of carbonyl (C=O) groups is 2. The minimum Gasteiger partial charge on any atom is -0.354 e. The maximum atomic E-state index is 12.2. The summed E-state index contributed by atoms with van der Waals surface area (Å²) in [6.45, 7) is 3.03. The van der Waals surface area contributed by atoms with Gasteiger partial charge in [0.1, 0.15) is 0 Å². The van der Waals surface area contributed by atoms with E-state index in [1.54, 1.807) is 28.8 Å². The molecule has 1 aromatic heterocycles. The molecule has 0 unspecified atom stereocenters. The smallest absolute Gasteiger partial charge is 0.252 e. The number of nitrogens with zero attached hydrogens (tertiary/aromatic N) is 2. The normalized spacial score (nSPS) is 10.6. The highest BCUT2D eigenvalue weighted by Gasteiger charge is 2.11. The third kappa shape index (κ3) is 5.55. The zero-order valence-electron chi connectivity index (χ0n) is 16.4. The Morgan fingerprint density at radius 3 is 2.53 bits per heavy atom. The van der Waals surface area contributed by atoms with Crippen molar-refractivity contribution in [2.75, 3.05) is 13.1 Å². The van der Waals surface area contributed by atoms with Gasteiger partial charge in [-0.3, -0.25) is 19.3 Å². The molecular weight excluding hydrogens is 422 g/mol. The molecular formula is C21H22ClN5O2S. The van der Waals surface area contributed by atoms with E-state index in [0.29, 0.717) is 40.8 Å². The van der Waals surface area contributed by atoms with Gasteiger partial charge in [-0.15, -0.1) is 0 Å². The number of aromatic nitrogens is 3. The van der Waals surface area contributed by atoms with Gasteiger partial charge in [-0.25, -0.2) is 0 Å². The molecule has 0 atom stereocenters. The van der Waals surface area contributed by atoms with Crippen LogP contribution in [0.25, 0.3) is 11.4 Å². The Morgan fingerprint density at radius 2 is 1.80 bits per heavy atom. The number of aryl methyl sites for hydroxylation is 1. The van der Waals surface area contributed by atoms with E-state index in [4.69, 9.17) is 23.8 Å². The van der Waals surface area contributed by atoms with E-state index >= 15 is 0 Å². The van der Waals surface area contributed by atoms with Crippen LogP contribution < -0.4 is 10.6 Å². The van der Waals surface area contributed by atoms with Crippen molar-refractivity contribution in [3.05, 3.63) is 69.5 Å². The number of halogens is 1. The summed E-state index contributed by atoms with van der Waals surface area (Å²) in [6, 6.07) is 14.8. The van der Waals surface area contributed by atoms with Gasteiger partial charge < -0.3 is 10.6 Å². The Bertz CT molecular complexity index is 1090. The second kappa shape index (κ2) is 10.2. The third-order valence-corrected chi connectivity index (χ3v) is 5.12. The van der Waals surface area contributed by atoms with Gasteiger partial charge in [0.2, 0.25) is 5.91 Å². The molecule has 3 rings (SSSR count). The summed E-state index contributed by atoms with van der Waals surface area (Å²) in [7, 11) is 0. The number of hydrogen-bond acceptors (Lipinski definition) is 4. The number of benzene rings is 2. The average Bonchev–Trinajstić information content (AvgIpc) is 3.10. The van der Waals surface area contributed by atoms with Crippen LogP contribution in [0.3, 0.4) is 0 Å². The van der Waals surface area contributed by atoms with Gasteiger partial charge in [0.25, 0.3) is 5.91 Å². The zero-order valence-corrected chi connectivity index (χ0v) is 18.0. The van der Waals surface area contributed by atoms with Crippen molar-refractivity contribution in [2.24, 2.45) is 0 Å². The van der Waals surface area contributed by atoms with Gasteiger partial charge in [-0.1, -0.05) is 53.6 Å². The highest BCUT2D eigenvalue weighted by atomic mass is 35.5. The van der Waals surface area contributed by atoms with Gasteiger partial charge in [0.15, 0.2) is 10.6 Å². The summed E-state index contributed by atoms with van der Waals surface area (Å²) in [5, 5.41) is 13.0. The number of rotatable bonds is 8. The number of hydrogen-bond donors (Lipinski definition) is 3. The molecule has 0 aliphatic heterocycles. The van der Waals surface area contributed by atoms with Crippen molar-refractivity contribution in [3.8, 4) is 11.4 Å². The fourth-order valence-corrected chi connectivity index (χ4v) is 3.31. The molecule has 0 radical (unpaired) electrons. The van der Waals surface area contributed by atoms with Crippen LogP contribution >= 0.6 is 23.8 Å². The summed E-state index contributed by atoms with van der Waals surface area (Å²) in [6.07, 6.45) is 0.241. The molecule has 0 saturated heterocycles.